The molecule has 1 N–H and O–H groups in total. The van der Waals surface area contributed by atoms with Crippen LogP contribution in [-0.2, 0) is 19.6 Å². The van der Waals surface area contributed by atoms with Crippen LogP contribution in [0.3, 0.4) is 0 Å². The monoisotopic (exact) mass is 501 g/mol. The number of ether oxygens (including phenoxy) is 2. The molecule has 1 aromatic heterocycles. The molecule has 0 aliphatic carbocycles. The van der Waals surface area contributed by atoms with Gasteiger partial charge in [0.15, 0.2) is 11.5 Å². The molecule has 33 heavy (non-hydrogen) atoms. The van der Waals surface area contributed by atoms with E-state index in [1.54, 1.807) is 12.1 Å². The van der Waals surface area contributed by atoms with E-state index >= 15 is 0 Å². The molecule has 1 heterocycles. The fourth-order valence-corrected chi connectivity index (χ4v) is 3.53. The van der Waals surface area contributed by atoms with Crippen LogP contribution < -0.4 is 15.0 Å². The van der Waals surface area contributed by atoms with Crippen LogP contribution in [0.1, 0.15) is 21.6 Å². The van der Waals surface area contributed by atoms with Crippen LogP contribution in [0.5, 0.6) is 11.5 Å². The van der Waals surface area contributed by atoms with Crippen LogP contribution in [0.2, 0.25) is 10.0 Å². The third-order valence-corrected chi connectivity index (χ3v) is 5.17. The molecule has 0 aliphatic heterocycles. The van der Waals surface area contributed by atoms with E-state index in [0.29, 0.717) is 6.42 Å². The molecule has 2 aromatic carbocycles. The number of benzene rings is 2. The van der Waals surface area contributed by atoms with Gasteiger partial charge in [-0.2, -0.15) is 0 Å². The second-order valence-corrected chi connectivity index (χ2v) is 7.59. The van der Waals surface area contributed by atoms with Crippen LogP contribution >= 0.6 is 23.2 Å². The van der Waals surface area contributed by atoms with E-state index in [1.807, 2.05) is 0 Å². The van der Waals surface area contributed by atoms with Gasteiger partial charge in [-0.15, -0.1) is 13.2 Å². The Morgan fingerprint density at radius 3 is 2.24 bits per heavy atom. The topological polar surface area (TPSA) is 77.8 Å². The van der Waals surface area contributed by atoms with Gasteiger partial charge in [0, 0.05) is 6.54 Å². The standard InChI is InChI=1S/C22H16Cl2F3NO5/c23-15-11-16(24)20(29)28(10-9-13-5-7-14(8-6-13)21(30)31)17(15)12-32-18-3-1-2-4-19(18)33-22(25,26)27/h1-8,11H,9-10,12H2,(H,30,31). The first kappa shape index (κ1) is 24.5. The predicted octanol–water partition coefficient (Wildman–Crippen LogP) is 5.57. The van der Waals surface area contributed by atoms with Crippen molar-refractivity contribution in [3.8, 4) is 11.5 Å². The quantitative estimate of drug-likeness (QED) is 0.436. The average Bonchev–Trinajstić information content (AvgIpc) is 2.74. The molecule has 0 unspecified atom stereocenters. The van der Waals surface area contributed by atoms with E-state index in [-0.39, 0.29) is 40.2 Å². The predicted molar refractivity (Wildman–Crippen MR) is 115 cm³/mol. The SMILES string of the molecule is O=C(O)c1ccc(CCn2c(COc3ccccc3OC(F)(F)F)c(Cl)cc(Cl)c2=O)cc1. The molecule has 0 radical (unpaired) electrons. The first-order valence-electron chi connectivity index (χ1n) is 9.42. The van der Waals surface area contributed by atoms with Crippen molar-refractivity contribution in [1.29, 1.82) is 0 Å². The fraction of sp³-hybridized carbons (Fsp3) is 0.182. The number of aromatic nitrogens is 1. The summed E-state index contributed by atoms with van der Waals surface area (Å²) in [5, 5.41) is 8.95. The number of carboxylic acid groups (broad SMARTS) is 1. The molecule has 0 bridgehead atoms. The zero-order valence-electron chi connectivity index (χ0n) is 16.7. The first-order valence-corrected chi connectivity index (χ1v) is 10.2. The van der Waals surface area contributed by atoms with Crippen LogP contribution in [0, 0.1) is 0 Å². The number of aromatic carboxylic acids is 1. The molecule has 0 saturated heterocycles. The highest BCUT2D eigenvalue weighted by Gasteiger charge is 2.32. The van der Waals surface area contributed by atoms with Gasteiger partial charge in [-0.1, -0.05) is 47.5 Å². The number of alkyl halides is 3. The van der Waals surface area contributed by atoms with Crippen molar-refractivity contribution in [2.75, 3.05) is 0 Å². The molecule has 0 amide bonds. The summed E-state index contributed by atoms with van der Waals surface area (Å²) < 4.78 is 48.7. The summed E-state index contributed by atoms with van der Waals surface area (Å²) in [4.78, 5) is 23.6. The second kappa shape index (κ2) is 10.2. The van der Waals surface area contributed by atoms with Gasteiger partial charge in [-0.25, -0.2) is 4.79 Å². The summed E-state index contributed by atoms with van der Waals surface area (Å²) in [6.45, 7) is -0.216. The zero-order chi connectivity index (χ0) is 24.2. The lowest BCUT2D eigenvalue weighted by Gasteiger charge is -2.18. The van der Waals surface area contributed by atoms with Crippen molar-refractivity contribution in [1.82, 2.24) is 4.57 Å². The van der Waals surface area contributed by atoms with Crippen LogP contribution in [0.4, 0.5) is 13.2 Å². The van der Waals surface area contributed by atoms with E-state index in [1.165, 1.54) is 41.0 Å². The minimum atomic E-state index is -4.91. The Hall–Kier alpha value is -3.17. The van der Waals surface area contributed by atoms with Crippen molar-refractivity contribution in [2.24, 2.45) is 0 Å². The number of para-hydroxylation sites is 2. The summed E-state index contributed by atoms with van der Waals surface area (Å²) >= 11 is 12.2. The molecule has 3 rings (SSSR count). The Labute approximate surface area is 195 Å². The summed E-state index contributed by atoms with van der Waals surface area (Å²) in [6, 6.07) is 12.5. The van der Waals surface area contributed by atoms with Gasteiger partial charge in [-0.05, 0) is 42.3 Å². The van der Waals surface area contributed by atoms with Crippen molar-refractivity contribution in [2.45, 2.75) is 25.9 Å². The fourth-order valence-electron chi connectivity index (χ4n) is 3.00. The number of hydrogen-bond donors (Lipinski definition) is 1. The molecule has 0 saturated carbocycles. The maximum absolute atomic E-state index is 12.6. The van der Waals surface area contributed by atoms with E-state index in [2.05, 4.69) is 4.74 Å². The highest BCUT2D eigenvalue weighted by molar-refractivity contribution is 6.34. The lowest BCUT2D eigenvalue weighted by Crippen LogP contribution is -2.26. The maximum atomic E-state index is 12.6. The lowest BCUT2D eigenvalue weighted by atomic mass is 10.1. The number of carboxylic acids is 1. The van der Waals surface area contributed by atoms with Crippen molar-refractivity contribution in [3.05, 3.63) is 91.8 Å². The normalized spacial score (nSPS) is 11.3. The largest absolute Gasteiger partial charge is 0.573 e. The number of halogens is 5. The Balaban J connectivity index is 1.84. The van der Waals surface area contributed by atoms with Crippen molar-refractivity contribution < 1.29 is 32.5 Å². The smallest absolute Gasteiger partial charge is 0.483 e. The van der Waals surface area contributed by atoms with E-state index in [9.17, 15) is 22.8 Å². The van der Waals surface area contributed by atoms with Gasteiger partial charge in [0.25, 0.3) is 5.56 Å². The summed E-state index contributed by atoms with van der Waals surface area (Å²) in [5.74, 6) is -1.79. The number of nitrogens with zero attached hydrogens (tertiary/aromatic N) is 1. The molecule has 0 atom stereocenters. The molecule has 0 aliphatic rings. The van der Waals surface area contributed by atoms with E-state index in [4.69, 9.17) is 33.0 Å². The minimum absolute atomic E-state index is 0.0926. The third-order valence-electron chi connectivity index (χ3n) is 4.57. The minimum Gasteiger partial charge on any atom is -0.483 e. The summed E-state index contributed by atoms with van der Waals surface area (Å²) in [7, 11) is 0. The van der Waals surface area contributed by atoms with Crippen molar-refractivity contribution >= 4 is 29.2 Å². The molecule has 0 fully saturated rings. The Kier molecular flexibility index (Phi) is 7.55. The Bertz CT molecular complexity index is 1210. The number of pyridine rings is 1. The highest BCUT2D eigenvalue weighted by Crippen LogP contribution is 2.32. The molecule has 3 aromatic rings. The van der Waals surface area contributed by atoms with Gasteiger partial charge in [-0.3, -0.25) is 4.79 Å². The van der Waals surface area contributed by atoms with Gasteiger partial charge in [0.05, 0.1) is 16.3 Å². The molecule has 6 nitrogen and oxygen atoms in total. The Morgan fingerprint density at radius 1 is 1.00 bits per heavy atom. The van der Waals surface area contributed by atoms with Gasteiger partial charge in [0.1, 0.15) is 11.6 Å². The molecule has 174 valence electrons. The number of aryl methyl sites for hydroxylation is 1. The number of carbonyl (C=O) groups is 1. The summed E-state index contributed by atoms with van der Waals surface area (Å²) in [5.41, 5.74) is 0.519. The van der Waals surface area contributed by atoms with Gasteiger partial charge in [0.2, 0.25) is 0 Å². The lowest BCUT2D eigenvalue weighted by molar-refractivity contribution is -0.275. The van der Waals surface area contributed by atoms with Gasteiger partial charge >= 0.3 is 12.3 Å². The number of hydrogen-bond acceptors (Lipinski definition) is 4. The van der Waals surface area contributed by atoms with Gasteiger partial charge < -0.3 is 19.1 Å². The van der Waals surface area contributed by atoms with Crippen LogP contribution in [0.15, 0.2) is 59.4 Å². The molecule has 11 heteroatoms. The summed E-state index contributed by atoms with van der Waals surface area (Å²) in [6.07, 6.45) is -4.58. The van der Waals surface area contributed by atoms with Crippen molar-refractivity contribution in [3.63, 3.8) is 0 Å². The zero-order valence-corrected chi connectivity index (χ0v) is 18.2. The second-order valence-electron chi connectivity index (χ2n) is 6.78. The Morgan fingerprint density at radius 2 is 1.64 bits per heavy atom. The van der Waals surface area contributed by atoms with E-state index in [0.717, 1.165) is 11.6 Å². The molecule has 0 spiro atoms. The molecular weight excluding hydrogens is 486 g/mol. The first-order chi connectivity index (χ1) is 15.5. The average molecular weight is 502 g/mol. The number of rotatable bonds is 8. The van der Waals surface area contributed by atoms with Crippen LogP contribution in [0.25, 0.3) is 0 Å². The maximum Gasteiger partial charge on any atom is 0.573 e. The third kappa shape index (κ3) is 6.43. The van der Waals surface area contributed by atoms with Crippen LogP contribution in [-0.4, -0.2) is 22.0 Å². The molecular formula is C22H16Cl2F3NO5. The highest BCUT2D eigenvalue weighted by atomic mass is 35.5. The van der Waals surface area contributed by atoms with E-state index < -0.39 is 23.6 Å².